The van der Waals surface area contributed by atoms with Crippen molar-refractivity contribution < 1.29 is 0 Å². The number of hydrogen-bond donors (Lipinski definition) is 0. The van der Waals surface area contributed by atoms with Gasteiger partial charge in [-0.25, -0.2) is 9.97 Å². The Labute approximate surface area is 399 Å². The lowest BCUT2D eigenvalue weighted by atomic mass is 9.67. The smallest absolute Gasteiger partial charge is 0.159 e. The van der Waals surface area contributed by atoms with E-state index in [9.17, 15) is 0 Å². The Morgan fingerprint density at radius 1 is 0.362 bits per heavy atom. The van der Waals surface area contributed by atoms with Crippen molar-refractivity contribution in [2.75, 3.05) is 4.90 Å². The van der Waals surface area contributed by atoms with Gasteiger partial charge in [0.05, 0.1) is 45.9 Å². The van der Waals surface area contributed by atoms with Gasteiger partial charge in [0.2, 0.25) is 0 Å². The minimum atomic E-state index is -0.496. The number of hydrogen-bond acceptors (Lipinski definition) is 3. The standard InChI is InChI=1S/C65H42N4/c1-3-21-46(22-4-1)65(47-23-5-2-6-24-47)58-31-15-13-28-53(58)54-36-35-48(40-59(54)65)68-61-32-16-14-30-56(61)57-38-45(34-37-62(57)68)64-66-41-49(42-67-64)69(60-33-17-20-43-18-7-10-26-51(43)60)63-39-44-19-8-9-25-50(44)52-27-11-12-29-55(52)63/h1-42H. The molecule has 1 aliphatic rings. The summed E-state index contributed by atoms with van der Waals surface area (Å²) in [4.78, 5) is 12.7. The highest BCUT2D eigenvalue weighted by atomic mass is 15.2. The summed E-state index contributed by atoms with van der Waals surface area (Å²) < 4.78 is 2.43. The number of aromatic nitrogens is 3. The quantitative estimate of drug-likeness (QED) is 0.150. The number of fused-ring (bicyclic) bond motifs is 10. The number of rotatable bonds is 7. The molecule has 14 rings (SSSR count). The fraction of sp³-hybridized carbons (Fsp3) is 0.0154. The van der Waals surface area contributed by atoms with Crippen LogP contribution in [-0.2, 0) is 5.41 Å². The van der Waals surface area contributed by atoms with Gasteiger partial charge in [-0.15, -0.1) is 0 Å². The van der Waals surface area contributed by atoms with Gasteiger partial charge < -0.3 is 9.47 Å². The van der Waals surface area contributed by atoms with Crippen LogP contribution in [0.15, 0.2) is 255 Å². The summed E-state index contributed by atoms with van der Waals surface area (Å²) in [5, 5.41) is 9.43. The van der Waals surface area contributed by atoms with Crippen molar-refractivity contribution in [1.29, 1.82) is 0 Å². The maximum Gasteiger partial charge on any atom is 0.159 e. The van der Waals surface area contributed by atoms with Crippen LogP contribution >= 0.6 is 0 Å². The highest BCUT2D eigenvalue weighted by molar-refractivity contribution is 6.16. The second-order valence-corrected chi connectivity index (χ2v) is 18.1. The van der Waals surface area contributed by atoms with Gasteiger partial charge in [-0.05, 0) is 103 Å². The molecule has 1 aliphatic carbocycles. The van der Waals surface area contributed by atoms with Crippen LogP contribution in [0.2, 0.25) is 0 Å². The van der Waals surface area contributed by atoms with E-state index in [0.29, 0.717) is 5.82 Å². The average Bonchev–Trinajstić information content (AvgIpc) is 3.92. The largest absolute Gasteiger partial charge is 0.309 e. The summed E-state index contributed by atoms with van der Waals surface area (Å²) in [6, 6.07) is 88.2. The van der Waals surface area contributed by atoms with E-state index in [1.54, 1.807) is 0 Å². The van der Waals surface area contributed by atoms with Crippen LogP contribution in [0.5, 0.6) is 0 Å². The summed E-state index contributed by atoms with van der Waals surface area (Å²) in [6.45, 7) is 0. The SMILES string of the molecule is c1ccc(C2(c3ccccc3)c3ccccc3-c3ccc(-n4c5ccccc5c5cc(-c6ncc(N(c7cccc8ccccc78)c7cc8ccccc8c8ccccc78)cn6)ccc54)cc32)cc1. The van der Waals surface area contributed by atoms with E-state index in [1.165, 1.54) is 60.3 Å². The summed E-state index contributed by atoms with van der Waals surface area (Å²) in [5.74, 6) is 0.671. The predicted octanol–water partition coefficient (Wildman–Crippen LogP) is 16.5. The zero-order valence-electron chi connectivity index (χ0n) is 37.5. The minimum Gasteiger partial charge on any atom is -0.309 e. The first kappa shape index (κ1) is 39.1. The molecule has 0 N–H and O–H groups in total. The molecule has 2 aromatic heterocycles. The van der Waals surface area contributed by atoms with Crippen LogP contribution in [0.4, 0.5) is 17.1 Å². The summed E-state index contributed by atoms with van der Waals surface area (Å²) in [5.41, 5.74) is 14.5. The van der Waals surface area contributed by atoms with Gasteiger partial charge in [-0.3, -0.25) is 0 Å². The fourth-order valence-corrected chi connectivity index (χ4v) is 11.6. The average molecular weight is 879 g/mol. The third-order valence-corrected chi connectivity index (χ3v) is 14.5. The van der Waals surface area contributed by atoms with Crippen molar-refractivity contribution in [3.05, 3.63) is 277 Å². The van der Waals surface area contributed by atoms with E-state index >= 15 is 0 Å². The van der Waals surface area contributed by atoms with Crippen LogP contribution in [0, 0.1) is 0 Å². The number of benzene rings is 11. The maximum atomic E-state index is 5.17. The molecule has 69 heavy (non-hydrogen) atoms. The van der Waals surface area contributed by atoms with Gasteiger partial charge in [0.25, 0.3) is 0 Å². The fourth-order valence-electron chi connectivity index (χ4n) is 11.6. The highest BCUT2D eigenvalue weighted by Crippen LogP contribution is 2.56. The van der Waals surface area contributed by atoms with Crippen molar-refractivity contribution in [2.24, 2.45) is 0 Å². The van der Waals surface area contributed by atoms with Crippen LogP contribution in [0.25, 0.3) is 82.3 Å². The van der Waals surface area contributed by atoms with Crippen molar-refractivity contribution in [1.82, 2.24) is 14.5 Å². The van der Waals surface area contributed by atoms with Gasteiger partial charge in [0, 0.05) is 32.8 Å². The van der Waals surface area contributed by atoms with Crippen LogP contribution < -0.4 is 4.90 Å². The molecule has 11 aromatic carbocycles. The topological polar surface area (TPSA) is 34.0 Å². The molecule has 0 unspecified atom stereocenters. The summed E-state index contributed by atoms with van der Waals surface area (Å²) in [7, 11) is 0. The van der Waals surface area contributed by atoms with Crippen LogP contribution in [0.3, 0.4) is 0 Å². The normalized spacial score (nSPS) is 12.8. The first-order valence-electron chi connectivity index (χ1n) is 23.6. The molecule has 2 heterocycles. The number of para-hydroxylation sites is 1. The molecule has 322 valence electrons. The molecule has 13 aromatic rings. The van der Waals surface area contributed by atoms with Crippen molar-refractivity contribution >= 4 is 71.2 Å². The maximum absolute atomic E-state index is 5.17. The van der Waals surface area contributed by atoms with Crippen molar-refractivity contribution in [3.63, 3.8) is 0 Å². The lowest BCUT2D eigenvalue weighted by Crippen LogP contribution is -2.28. The molecule has 0 amide bonds. The Bertz CT molecular complexity index is 4090. The number of nitrogens with zero attached hydrogens (tertiary/aromatic N) is 4. The lowest BCUT2D eigenvalue weighted by Gasteiger charge is -2.34. The molecule has 0 spiro atoms. The molecule has 0 atom stereocenters. The molecule has 4 heteroatoms. The van der Waals surface area contributed by atoms with Gasteiger partial charge in [-0.2, -0.15) is 0 Å². The molecular weight excluding hydrogens is 837 g/mol. The predicted molar refractivity (Wildman–Crippen MR) is 286 cm³/mol. The molecule has 0 saturated carbocycles. The molecule has 0 radical (unpaired) electrons. The Morgan fingerprint density at radius 3 is 1.74 bits per heavy atom. The zero-order valence-corrected chi connectivity index (χ0v) is 37.5. The van der Waals surface area contributed by atoms with Gasteiger partial charge in [0.15, 0.2) is 5.82 Å². The van der Waals surface area contributed by atoms with Crippen molar-refractivity contribution in [2.45, 2.75) is 5.41 Å². The zero-order chi connectivity index (χ0) is 45.5. The van der Waals surface area contributed by atoms with E-state index in [-0.39, 0.29) is 0 Å². The van der Waals surface area contributed by atoms with E-state index in [1.807, 2.05) is 12.4 Å². The first-order valence-corrected chi connectivity index (χ1v) is 23.6. The molecule has 0 fully saturated rings. The molecule has 4 nitrogen and oxygen atoms in total. The monoisotopic (exact) mass is 878 g/mol. The Hall–Kier alpha value is -9.12. The van der Waals surface area contributed by atoms with Gasteiger partial charge >= 0.3 is 0 Å². The molecule has 0 bridgehead atoms. The van der Waals surface area contributed by atoms with Gasteiger partial charge in [-0.1, -0.05) is 194 Å². The van der Waals surface area contributed by atoms with E-state index in [4.69, 9.17) is 9.97 Å². The van der Waals surface area contributed by atoms with Crippen LogP contribution in [-0.4, -0.2) is 14.5 Å². The van der Waals surface area contributed by atoms with E-state index < -0.39 is 5.41 Å². The van der Waals surface area contributed by atoms with E-state index in [2.05, 4.69) is 252 Å². The molecule has 0 aliphatic heterocycles. The second-order valence-electron chi connectivity index (χ2n) is 18.1. The van der Waals surface area contributed by atoms with Crippen LogP contribution in [0.1, 0.15) is 22.3 Å². The Balaban J connectivity index is 0.917. The van der Waals surface area contributed by atoms with Gasteiger partial charge in [0.1, 0.15) is 0 Å². The van der Waals surface area contributed by atoms with Crippen molar-refractivity contribution in [3.8, 4) is 28.2 Å². The molecule has 0 saturated heterocycles. The summed E-state index contributed by atoms with van der Waals surface area (Å²) >= 11 is 0. The summed E-state index contributed by atoms with van der Waals surface area (Å²) in [6.07, 6.45) is 3.96. The Morgan fingerprint density at radius 2 is 0.957 bits per heavy atom. The first-order chi connectivity index (χ1) is 34.2. The lowest BCUT2D eigenvalue weighted by molar-refractivity contribution is 0.767. The highest BCUT2D eigenvalue weighted by Gasteiger charge is 2.46. The third-order valence-electron chi connectivity index (χ3n) is 14.5. The number of anilines is 3. The third kappa shape index (κ3) is 5.89. The molecular formula is C65H42N4. The Kier molecular flexibility index (Phi) is 8.77. The van der Waals surface area contributed by atoms with E-state index in [0.717, 1.165) is 55.5 Å². The second kappa shape index (κ2) is 15.5. The minimum absolute atomic E-state index is 0.496.